The maximum absolute atomic E-state index is 12.0. The first-order valence-corrected chi connectivity index (χ1v) is 9.47. The summed E-state index contributed by atoms with van der Waals surface area (Å²) in [5.41, 5.74) is 1.85. The van der Waals surface area contributed by atoms with Crippen molar-refractivity contribution in [1.29, 1.82) is 0 Å². The van der Waals surface area contributed by atoms with Crippen LogP contribution in [0.2, 0.25) is 0 Å². The maximum atomic E-state index is 12.0. The molecule has 2 N–H and O–H groups in total. The van der Waals surface area contributed by atoms with E-state index in [2.05, 4.69) is 31.5 Å². The summed E-state index contributed by atoms with van der Waals surface area (Å²) in [6, 6.07) is 7.66. The maximum Gasteiger partial charge on any atom is 0.258 e. The molecule has 0 bridgehead atoms. The number of benzene rings is 1. The Morgan fingerprint density at radius 2 is 2.00 bits per heavy atom. The third-order valence-electron chi connectivity index (χ3n) is 3.57. The number of carbonyl (C=O) groups excluding carboxylic acids is 1. The third kappa shape index (κ3) is 7.19. The van der Waals surface area contributed by atoms with Crippen LogP contribution in [0.4, 0.5) is 0 Å². The number of hydrogen-bond donors (Lipinski definition) is 2. The van der Waals surface area contributed by atoms with Gasteiger partial charge in [-0.1, -0.05) is 22.0 Å². The Morgan fingerprint density at radius 3 is 2.63 bits per heavy atom. The van der Waals surface area contributed by atoms with Crippen molar-refractivity contribution in [2.24, 2.45) is 0 Å². The normalized spacial score (nSPS) is 11.1. The van der Waals surface area contributed by atoms with E-state index < -0.39 is 0 Å². The molecule has 1 heterocycles. The largest absolute Gasteiger partial charge is 0.493 e. The number of methoxy groups -OCH3 is 1. The molecule has 0 aliphatic carbocycles. The molecular formula is C20H26BrN3O3. The van der Waals surface area contributed by atoms with Crippen molar-refractivity contribution in [2.45, 2.75) is 39.4 Å². The molecule has 0 atom stereocenters. The Bertz CT molecular complexity index is 761. The molecule has 2 rings (SSSR count). The van der Waals surface area contributed by atoms with Gasteiger partial charge in [-0.15, -0.1) is 0 Å². The predicted molar refractivity (Wildman–Crippen MR) is 109 cm³/mol. The zero-order valence-corrected chi connectivity index (χ0v) is 17.7. The van der Waals surface area contributed by atoms with Crippen molar-refractivity contribution < 1.29 is 14.3 Å². The minimum absolute atomic E-state index is 0.0708. The van der Waals surface area contributed by atoms with Crippen LogP contribution in [0.3, 0.4) is 0 Å². The number of carbonyl (C=O) groups is 1. The number of nitrogens with zero attached hydrogens (tertiary/aromatic N) is 1. The molecule has 0 saturated heterocycles. The van der Waals surface area contributed by atoms with Gasteiger partial charge in [-0.2, -0.15) is 0 Å². The molecule has 0 saturated carbocycles. The van der Waals surface area contributed by atoms with E-state index in [1.54, 1.807) is 13.3 Å². The van der Waals surface area contributed by atoms with Gasteiger partial charge in [-0.05, 0) is 50.1 Å². The van der Waals surface area contributed by atoms with E-state index in [4.69, 9.17) is 9.47 Å². The number of ether oxygens (including phenoxy) is 2. The summed E-state index contributed by atoms with van der Waals surface area (Å²) in [4.78, 5) is 16.1. The minimum Gasteiger partial charge on any atom is -0.493 e. The lowest BCUT2D eigenvalue weighted by atomic mass is 10.1. The Labute approximate surface area is 168 Å². The Morgan fingerprint density at radius 1 is 1.22 bits per heavy atom. The highest BCUT2D eigenvalue weighted by atomic mass is 79.9. The van der Waals surface area contributed by atoms with Crippen LogP contribution in [0, 0.1) is 0 Å². The fourth-order valence-corrected chi connectivity index (χ4v) is 2.89. The van der Waals surface area contributed by atoms with Crippen molar-refractivity contribution in [3.05, 3.63) is 52.3 Å². The van der Waals surface area contributed by atoms with Crippen LogP contribution < -0.4 is 20.1 Å². The SMILES string of the molecule is COc1cc(CNCc2cccnc2)c(Br)cc1OCC(=O)NC(C)(C)C. The molecular weight excluding hydrogens is 410 g/mol. The summed E-state index contributed by atoms with van der Waals surface area (Å²) >= 11 is 3.56. The van der Waals surface area contributed by atoms with Crippen molar-refractivity contribution in [1.82, 2.24) is 15.6 Å². The number of hydrogen-bond acceptors (Lipinski definition) is 5. The molecule has 1 aromatic carbocycles. The van der Waals surface area contributed by atoms with Crippen molar-refractivity contribution in [2.75, 3.05) is 13.7 Å². The topological polar surface area (TPSA) is 72.5 Å². The smallest absolute Gasteiger partial charge is 0.258 e. The number of amides is 1. The zero-order chi connectivity index (χ0) is 19.9. The first-order valence-electron chi connectivity index (χ1n) is 8.68. The van der Waals surface area contributed by atoms with Gasteiger partial charge in [0, 0.05) is 35.5 Å². The van der Waals surface area contributed by atoms with Crippen LogP contribution in [0.5, 0.6) is 11.5 Å². The van der Waals surface area contributed by atoms with Gasteiger partial charge in [0.15, 0.2) is 18.1 Å². The highest BCUT2D eigenvalue weighted by Crippen LogP contribution is 2.33. The minimum atomic E-state index is -0.297. The number of rotatable bonds is 8. The van der Waals surface area contributed by atoms with Gasteiger partial charge in [0.25, 0.3) is 5.91 Å². The second kappa shape index (κ2) is 9.71. The second-order valence-corrected chi connectivity index (χ2v) is 8.00. The molecule has 0 unspecified atom stereocenters. The van der Waals surface area contributed by atoms with Crippen LogP contribution in [-0.2, 0) is 17.9 Å². The fourth-order valence-electron chi connectivity index (χ4n) is 2.43. The summed E-state index contributed by atoms with van der Waals surface area (Å²) in [5.74, 6) is 0.923. The van der Waals surface area contributed by atoms with Crippen LogP contribution in [0.15, 0.2) is 41.1 Å². The fraction of sp³-hybridized carbons (Fsp3) is 0.400. The monoisotopic (exact) mass is 435 g/mol. The lowest BCUT2D eigenvalue weighted by Crippen LogP contribution is -2.43. The molecule has 2 aromatic rings. The Balaban J connectivity index is 1.98. The standard InChI is InChI=1S/C20H26BrN3O3/c1-20(2,3)24-19(25)13-27-18-9-16(21)15(8-17(18)26-4)12-23-11-14-6-5-7-22-10-14/h5-10,23H,11-13H2,1-4H3,(H,24,25). The van der Waals surface area contributed by atoms with Gasteiger partial charge in [0.05, 0.1) is 7.11 Å². The predicted octanol–water partition coefficient (Wildman–Crippen LogP) is 3.44. The van der Waals surface area contributed by atoms with E-state index in [0.717, 1.165) is 15.6 Å². The van der Waals surface area contributed by atoms with Crippen molar-refractivity contribution in [3.8, 4) is 11.5 Å². The quantitative estimate of drug-likeness (QED) is 0.664. The summed E-state index contributed by atoms with van der Waals surface area (Å²) in [6.07, 6.45) is 3.59. The van der Waals surface area contributed by atoms with Gasteiger partial charge in [0.2, 0.25) is 0 Å². The number of pyridine rings is 1. The van der Waals surface area contributed by atoms with Crippen LogP contribution >= 0.6 is 15.9 Å². The van der Waals surface area contributed by atoms with E-state index >= 15 is 0 Å². The molecule has 7 heteroatoms. The van der Waals surface area contributed by atoms with E-state index in [1.165, 1.54) is 0 Å². The van der Waals surface area contributed by atoms with E-state index in [-0.39, 0.29) is 18.1 Å². The van der Waals surface area contributed by atoms with Gasteiger partial charge in [0.1, 0.15) is 0 Å². The average Bonchev–Trinajstić information content (AvgIpc) is 2.61. The Kier molecular flexibility index (Phi) is 7.62. The van der Waals surface area contributed by atoms with Gasteiger partial charge >= 0.3 is 0 Å². The molecule has 1 amide bonds. The average molecular weight is 436 g/mol. The first-order chi connectivity index (χ1) is 12.8. The number of nitrogens with one attached hydrogen (secondary N) is 2. The number of halogens is 1. The van der Waals surface area contributed by atoms with Crippen LogP contribution in [0.1, 0.15) is 31.9 Å². The van der Waals surface area contributed by atoms with E-state index in [0.29, 0.717) is 24.6 Å². The third-order valence-corrected chi connectivity index (χ3v) is 4.31. The van der Waals surface area contributed by atoms with Crippen LogP contribution in [-0.4, -0.2) is 30.1 Å². The van der Waals surface area contributed by atoms with Gasteiger partial charge in [-0.25, -0.2) is 0 Å². The van der Waals surface area contributed by atoms with E-state index in [1.807, 2.05) is 51.2 Å². The highest BCUT2D eigenvalue weighted by molar-refractivity contribution is 9.10. The lowest BCUT2D eigenvalue weighted by molar-refractivity contribution is -0.124. The molecule has 0 aliphatic rings. The molecule has 1 aromatic heterocycles. The molecule has 0 fully saturated rings. The summed E-state index contributed by atoms with van der Waals surface area (Å²) in [5, 5.41) is 6.24. The molecule has 0 spiro atoms. The first kappa shape index (κ1) is 21.2. The molecule has 0 aliphatic heterocycles. The van der Waals surface area contributed by atoms with Gasteiger partial charge in [-0.3, -0.25) is 9.78 Å². The van der Waals surface area contributed by atoms with Crippen molar-refractivity contribution >= 4 is 21.8 Å². The lowest BCUT2D eigenvalue weighted by Gasteiger charge is -2.21. The Hall–Kier alpha value is -2.12. The summed E-state index contributed by atoms with van der Waals surface area (Å²) in [6.45, 7) is 7.07. The van der Waals surface area contributed by atoms with Crippen molar-refractivity contribution in [3.63, 3.8) is 0 Å². The molecule has 27 heavy (non-hydrogen) atoms. The highest BCUT2D eigenvalue weighted by Gasteiger charge is 2.16. The zero-order valence-electron chi connectivity index (χ0n) is 16.1. The summed E-state index contributed by atoms with van der Waals surface area (Å²) in [7, 11) is 1.58. The molecule has 6 nitrogen and oxygen atoms in total. The van der Waals surface area contributed by atoms with Gasteiger partial charge < -0.3 is 20.1 Å². The summed E-state index contributed by atoms with van der Waals surface area (Å²) < 4.78 is 12.0. The second-order valence-electron chi connectivity index (χ2n) is 7.15. The molecule has 146 valence electrons. The number of aromatic nitrogens is 1. The van der Waals surface area contributed by atoms with Crippen LogP contribution in [0.25, 0.3) is 0 Å². The van der Waals surface area contributed by atoms with E-state index in [9.17, 15) is 4.79 Å². The molecule has 0 radical (unpaired) electrons.